The molecular formula is C13H15N3. The van der Waals surface area contributed by atoms with Crippen LogP contribution < -0.4 is 6.15 Å². The molecule has 3 N–H and O–H groups in total. The van der Waals surface area contributed by atoms with E-state index < -0.39 is 0 Å². The molecule has 3 rings (SSSR count). The zero-order valence-electron chi connectivity index (χ0n) is 9.35. The van der Waals surface area contributed by atoms with Gasteiger partial charge >= 0.3 is 0 Å². The van der Waals surface area contributed by atoms with E-state index in [1.807, 2.05) is 6.20 Å². The number of nitrogens with zero attached hydrogens (tertiary/aromatic N) is 2. The molecule has 1 heterocycles. The van der Waals surface area contributed by atoms with Gasteiger partial charge in [-0.1, -0.05) is 36.4 Å². The molecule has 3 nitrogen and oxygen atoms in total. The van der Waals surface area contributed by atoms with Gasteiger partial charge in [0, 0.05) is 17.3 Å². The van der Waals surface area contributed by atoms with Crippen LogP contribution in [0.4, 0.5) is 0 Å². The van der Waals surface area contributed by atoms with Crippen LogP contribution in [0.5, 0.6) is 0 Å². The van der Waals surface area contributed by atoms with E-state index in [4.69, 9.17) is 0 Å². The molecule has 0 spiro atoms. The number of aromatic nitrogens is 2. The van der Waals surface area contributed by atoms with Gasteiger partial charge in [-0.25, -0.2) is 0 Å². The van der Waals surface area contributed by atoms with Gasteiger partial charge in [0.05, 0.1) is 11.7 Å². The number of hydrogen-bond donors (Lipinski definition) is 1. The Morgan fingerprint density at radius 3 is 2.62 bits per heavy atom. The van der Waals surface area contributed by atoms with Gasteiger partial charge in [-0.3, -0.25) is 4.68 Å². The normalized spacial score (nSPS) is 10.6. The van der Waals surface area contributed by atoms with Crippen molar-refractivity contribution in [2.75, 3.05) is 0 Å². The van der Waals surface area contributed by atoms with Crippen LogP contribution in [0.25, 0.3) is 21.7 Å². The fraction of sp³-hybridized carbons (Fsp3) is 0.154. The lowest BCUT2D eigenvalue weighted by atomic mass is 10.1. The summed E-state index contributed by atoms with van der Waals surface area (Å²) in [4.78, 5) is 0. The summed E-state index contributed by atoms with van der Waals surface area (Å²) in [6, 6.07) is 12.7. The molecule has 0 radical (unpaired) electrons. The van der Waals surface area contributed by atoms with Crippen molar-refractivity contribution in [2.45, 2.75) is 13.5 Å². The van der Waals surface area contributed by atoms with Crippen LogP contribution in [-0.4, -0.2) is 9.78 Å². The number of benzene rings is 2. The minimum absolute atomic E-state index is 0. The monoisotopic (exact) mass is 213 g/mol. The summed E-state index contributed by atoms with van der Waals surface area (Å²) < 4.78 is 2.05. The highest BCUT2D eigenvalue weighted by atomic mass is 15.3. The molecule has 0 unspecified atom stereocenters. The molecule has 16 heavy (non-hydrogen) atoms. The van der Waals surface area contributed by atoms with Crippen molar-refractivity contribution in [3.05, 3.63) is 42.6 Å². The quantitative estimate of drug-likeness (QED) is 0.673. The minimum atomic E-state index is 0. The average molecular weight is 213 g/mol. The Bertz CT molecular complexity index is 625. The predicted octanol–water partition coefficient (Wildman–Crippen LogP) is 3.37. The highest BCUT2D eigenvalue weighted by Crippen LogP contribution is 2.24. The zero-order valence-corrected chi connectivity index (χ0v) is 9.35. The third-order valence-corrected chi connectivity index (χ3v) is 2.83. The van der Waals surface area contributed by atoms with Crippen LogP contribution in [0.2, 0.25) is 0 Å². The molecule has 0 atom stereocenters. The maximum absolute atomic E-state index is 4.38. The minimum Gasteiger partial charge on any atom is -0.344 e. The standard InChI is InChI=1S/C13H12N2.H3N/c1-2-15-13-11(9-14-15)8-7-10-5-3-4-6-12(10)13;/h3-9H,2H2,1H3;1H3. The van der Waals surface area contributed by atoms with Crippen LogP contribution in [-0.2, 0) is 6.54 Å². The molecule has 3 aromatic rings. The third-order valence-electron chi connectivity index (χ3n) is 2.83. The number of rotatable bonds is 1. The first-order valence-corrected chi connectivity index (χ1v) is 5.23. The zero-order chi connectivity index (χ0) is 10.3. The van der Waals surface area contributed by atoms with E-state index in [1.165, 1.54) is 21.7 Å². The van der Waals surface area contributed by atoms with E-state index in [0.29, 0.717) is 0 Å². The highest BCUT2D eigenvalue weighted by molar-refractivity contribution is 6.05. The smallest absolute Gasteiger partial charge is 0.0760 e. The summed E-state index contributed by atoms with van der Waals surface area (Å²) in [5, 5.41) is 8.16. The second kappa shape index (κ2) is 3.94. The molecule has 0 aliphatic carbocycles. The molecule has 2 aromatic carbocycles. The van der Waals surface area contributed by atoms with Crippen molar-refractivity contribution >= 4 is 21.7 Å². The second-order valence-corrected chi connectivity index (χ2v) is 3.68. The van der Waals surface area contributed by atoms with E-state index in [-0.39, 0.29) is 6.15 Å². The molecule has 0 aliphatic rings. The van der Waals surface area contributed by atoms with Crippen molar-refractivity contribution in [2.24, 2.45) is 0 Å². The lowest BCUT2D eigenvalue weighted by molar-refractivity contribution is 0.685. The van der Waals surface area contributed by atoms with E-state index in [0.717, 1.165) is 6.54 Å². The van der Waals surface area contributed by atoms with E-state index in [1.54, 1.807) is 0 Å². The third kappa shape index (κ3) is 1.37. The lowest BCUT2D eigenvalue weighted by Gasteiger charge is -2.03. The van der Waals surface area contributed by atoms with Crippen molar-refractivity contribution in [3.63, 3.8) is 0 Å². The summed E-state index contributed by atoms with van der Waals surface area (Å²) in [5.74, 6) is 0. The average Bonchev–Trinajstić information content (AvgIpc) is 2.72. The Kier molecular flexibility index (Phi) is 2.62. The predicted molar refractivity (Wildman–Crippen MR) is 67.9 cm³/mol. The number of hydrogen-bond acceptors (Lipinski definition) is 2. The van der Waals surface area contributed by atoms with Gasteiger partial charge < -0.3 is 6.15 Å². The molecule has 0 amide bonds. The maximum atomic E-state index is 4.38. The molecule has 0 saturated carbocycles. The van der Waals surface area contributed by atoms with Crippen LogP contribution in [0, 0.1) is 0 Å². The van der Waals surface area contributed by atoms with Gasteiger partial charge in [-0.2, -0.15) is 5.10 Å². The van der Waals surface area contributed by atoms with Gasteiger partial charge in [0.25, 0.3) is 0 Å². The van der Waals surface area contributed by atoms with E-state index in [9.17, 15) is 0 Å². The Morgan fingerprint density at radius 2 is 1.81 bits per heavy atom. The lowest BCUT2D eigenvalue weighted by Crippen LogP contribution is -1.95. The fourth-order valence-electron chi connectivity index (χ4n) is 2.09. The van der Waals surface area contributed by atoms with Gasteiger partial charge in [0.1, 0.15) is 0 Å². The topological polar surface area (TPSA) is 52.8 Å². The van der Waals surface area contributed by atoms with E-state index >= 15 is 0 Å². The summed E-state index contributed by atoms with van der Waals surface area (Å²) in [6.07, 6.45) is 1.94. The molecule has 82 valence electrons. The summed E-state index contributed by atoms with van der Waals surface area (Å²) in [5.41, 5.74) is 1.25. The molecule has 0 aliphatic heterocycles. The van der Waals surface area contributed by atoms with Crippen LogP contribution in [0.1, 0.15) is 6.92 Å². The number of aryl methyl sites for hydroxylation is 1. The highest BCUT2D eigenvalue weighted by Gasteiger charge is 2.04. The summed E-state index contributed by atoms with van der Waals surface area (Å²) in [6.45, 7) is 3.03. The van der Waals surface area contributed by atoms with Crippen LogP contribution in [0.3, 0.4) is 0 Å². The Balaban J connectivity index is 0.000000963. The molecule has 0 saturated heterocycles. The van der Waals surface area contributed by atoms with Crippen molar-refractivity contribution < 1.29 is 0 Å². The van der Waals surface area contributed by atoms with Crippen molar-refractivity contribution in [1.82, 2.24) is 15.9 Å². The number of fused-ring (bicyclic) bond motifs is 3. The summed E-state index contributed by atoms with van der Waals surface area (Å²) >= 11 is 0. The molecule has 1 aromatic heterocycles. The van der Waals surface area contributed by atoms with E-state index in [2.05, 4.69) is 53.1 Å². The first-order valence-electron chi connectivity index (χ1n) is 5.23. The van der Waals surface area contributed by atoms with Gasteiger partial charge in [0.15, 0.2) is 0 Å². The van der Waals surface area contributed by atoms with Crippen molar-refractivity contribution in [1.29, 1.82) is 0 Å². The summed E-state index contributed by atoms with van der Waals surface area (Å²) in [7, 11) is 0. The molecule has 0 fully saturated rings. The Morgan fingerprint density at radius 1 is 1.06 bits per heavy atom. The Labute approximate surface area is 94.3 Å². The molecule has 0 bridgehead atoms. The maximum Gasteiger partial charge on any atom is 0.0760 e. The van der Waals surface area contributed by atoms with Crippen LogP contribution in [0.15, 0.2) is 42.6 Å². The first kappa shape index (κ1) is 10.6. The van der Waals surface area contributed by atoms with Gasteiger partial charge in [0.2, 0.25) is 0 Å². The Hall–Kier alpha value is -1.87. The van der Waals surface area contributed by atoms with Gasteiger partial charge in [-0.05, 0) is 12.3 Å². The second-order valence-electron chi connectivity index (χ2n) is 3.68. The SMILES string of the molecule is CCn1ncc2ccc3ccccc3c21.N. The van der Waals surface area contributed by atoms with Gasteiger partial charge in [-0.15, -0.1) is 0 Å². The van der Waals surface area contributed by atoms with Crippen LogP contribution >= 0.6 is 0 Å². The largest absolute Gasteiger partial charge is 0.344 e. The first-order chi connectivity index (χ1) is 7.40. The van der Waals surface area contributed by atoms with Crippen molar-refractivity contribution in [3.8, 4) is 0 Å². The molecular weight excluding hydrogens is 198 g/mol. The fourth-order valence-corrected chi connectivity index (χ4v) is 2.09. The molecule has 3 heteroatoms.